The second-order valence-electron chi connectivity index (χ2n) is 4.78. The van der Waals surface area contributed by atoms with Gasteiger partial charge < -0.3 is 10.2 Å². The van der Waals surface area contributed by atoms with E-state index in [1.807, 2.05) is 36.4 Å². The number of hydrogen-bond donors (Lipinski definition) is 0. The fourth-order valence-corrected chi connectivity index (χ4v) is 2.25. The molecular formula is C18H14MgN2O2+2. The third-order valence-electron chi connectivity index (χ3n) is 3.32. The second-order valence-corrected chi connectivity index (χ2v) is 4.78. The standard InChI is InChI=1S/2C9H7NO.Mg/c2*11-8-5-1-3-7-4-2-6-10-9(7)8;/h2*1-6,11H;/q;;+2. The molecule has 2 aromatic heterocycles. The molecule has 5 heteroatoms. The SMILES string of the molecule is [Mg+2].[O-]c1cccc2ccc[nH+]c12.[O-]c1cccc2ccc[nH+]c12. The molecule has 0 radical (unpaired) electrons. The van der Waals surface area contributed by atoms with Crippen molar-refractivity contribution in [1.29, 1.82) is 0 Å². The van der Waals surface area contributed by atoms with E-state index in [9.17, 15) is 10.2 Å². The van der Waals surface area contributed by atoms with Crippen LogP contribution in [-0.4, -0.2) is 23.1 Å². The number of aromatic nitrogens is 2. The molecule has 2 aromatic carbocycles. The Labute approximate surface area is 149 Å². The summed E-state index contributed by atoms with van der Waals surface area (Å²) in [5, 5.41) is 24.2. The van der Waals surface area contributed by atoms with Crippen molar-refractivity contribution in [3.8, 4) is 11.5 Å². The summed E-state index contributed by atoms with van der Waals surface area (Å²) in [4.78, 5) is 5.81. The van der Waals surface area contributed by atoms with Gasteiger partial charge in [-0.3, -0.25) is 0 Å². The number of nitrogens with one attached hydrogen (secondary N) is 2. The maximum Gasteiger partial charge on any atom is 2.00 e. The molecule has 0 saturated carbocycles. The van der Waals surface area contributed by atoms with Gasteiger partial charge >= 0.3 is 23.1 Å². The van der Waals surface area contributed by atoms with Crippen LogP contribution in [0.1, 0.15) is 0 Å². The second kappa shape index (κ2) is 7.76. The molecule has 0 saturated heterocycles. The molecular weight excluding hydrogens is 301 g/mol. The van der Waals surface area contributed by atoms with Gasteiger partial charge in [-0.05, 0) is 35.8 Å². The van der Waals surface area contributed by atoms with E-state index < -0.39 is 0 Å². The van der Waals surface area contributed by atoms with Crippen molar-refractivity contribution in [1.82, 2.24) is 0 Å². The fraction of sp³-hybridized carbons (Fsp3) is 0. The Bertz CT molecular complexity index is 841. The van der Waals surface area contributed by atoms with Crippen LogP contribution in [0.25, 0.3) is 21.8 Å². The van der Waals surface area contributed by atoms with Gasteiger partial charge in [0.25, 0.3) is 0 Å². The van der Waals surface area contributed by atoms with Crippen LogP contribution < -0.4 is 20.2 Å². The Hall–Kier alpha value is -2.37. The molecule has 2 heterocycles. The van der Waals surface area contributed by atoms with Crippen LogP contribution in [0.5, 0.6) is 11.5 Å². The summed E-state index contributed by atoms with van der Waals surface area (Å²) in [6.07, 6.45) is 3.51. The molecule has 4 nitrogen and oxygen atoms in total. The first-order valence-corrected chi connectivity index (χ1v) is 6.88. The van der Waals surface area contributed by atoms with E-state index in [1.165, 1.54) is 0 Å². The van der Waals surface area contributed by atoms with Gasteiger partial charge in [-0.2, -0.15) is 0 Å². The third kappa shape index (κ3) is 3.88. The number of pyridine rings is 2. The van der Waals surface area contributed by atoms with Gasteiger partial charge in [0.15, 0.2) is 12.4 Å². The fourth-order valence-electron chi connectivity index (χ4n) is 2.25. The first-order valence-electron chi connectivity index (χ1n) is 6.88. The van der Waals surface area contributed by atoms with Crippen LogP contribution in [0, 0.1) is 0 Å². The molecule has 0 aliphatic carbocycles. The number of H-pyrrole nitrogens is 2. The van der Waals surface area contributed by atoms with Crippen LogP contribution in [0.15, 0.2) is 73.1 Å². The molecule has 108 valence electrons. The zero-order chi connectivity index (χ0) is 15.4. The number of hydrogen-bond acceptors (Lipinski definition) is 2. The van der Waals surface area contributed by atoms with Crippen LogP contribution in [0.3, 0.4) is 0 Å². The van der Waals surface area contributed by atoms with Crippen molar-refractivity contribution < 1.29 is 20.2 Å². The normalized spacial score (nSPS) is 9.74. The van der Waals surface area contributed by atoms with Crippen molar-refractivity contribution >= 4 is 44.9 Å². The van der Waals surface area contributed by atoms with E-state index in [0.717, 1.165) is 10.8 Å². The summed E-state index contributed by atoms with van der Waals surface area (Å²) in [5.74, 6) is 0.0891. The predicted octanol–water partition coefficient (Wildman–Crippen LogP) is 1.07. The van der Waals surface area contributed by atoms with Gasteiger partial charge in [-0.15, -0.1) is 0 Å². The van der Waals surface area contributed by atoms with E-state index >= 15 is 0 Å². The summed E-state index contributed by atoms with van der Waals surface area (Å²) in [5.41, 5.74) is 1.35. The van der Waals surface area contributed by atoms with Crippen molar-refractivity contribution in [3.63, 3.8) is 0 Å². The Morgan fingerprint density at radius 3 is 1.35 bits per heavy atom. The van der Waals surface area contributed by atoms with Crippen molar-refractivity contribution in [2.24, 2.45) is 0 Å². The quantitative estimate of drug-likeness (QED) is 0.455. The number of para-hydroxylation sites is 2. The van der Waals surface area contributed by atoms with E-state index in [2.05, 4.69) is 9.97 Å². The molecule has 0 fully saturated rings. The van der Waals surface area contributed by atoms with Gasteiger partial charge in [-0.1, -0.05) is 24.3 Å². The molecule has 0 spiro atoms. The van der Waals surface area contributed by atoms with Crippen LogP contribution in [0.2, 0.25) is 0 Å². The number of aromatic amines is 2. The first kappa shape index (κ1) is 17.0. The summed E-state index contributed by atoms with van der Waals surface area (Å²) in [6.45, 7) is 0. The molecule has 0 aliphatic heterocycles. The number of rotatable bonds is 0. The summed E-state index contributed by atoms with van der Waals surface area (Å²) in [7, 11) is 0. The molecule has 2 N–H and O–H groups in total. The summed E-state index contributed by atoms with van der Waals surface area (Å²) < 4.78 is 0. The van der Waals surface area contributed by atoms with Crippen molar-refractivity contribution in [3.05, 3.63) is 73.1 Å². The van der Waals surface area contributed by atoms with Crippen LogP contribution >= 0.6 is 0 Å². The molecule has 4 aromatic rings. The van der Waals surface area contributed by atoms with E-state index in [4.69, 9.17) is 0 Å². The monoisotopic (exact) mass is 314 g/mol. The maximum absolute atomic E-state index is 11.1. The minimum atomic E-state index is 0. The number of benzene rings is 2. The van der Waals surface area contributed by atoms with Crippen LogP contribution in [0.4, 0.5) is 0 Å². The number of fused-ring (bicyclic) bond motifs is 2. The van der Waals surface area contributed by atoms with E-state index in [0.29, 0.717) is 11.0 Å². The topological polar surface area (TPSA) is 74.4 Å². The van der Waals surface area contributed by atoms with E-state index in [1.54, 1.807) is 36.7 Å². The first-order chi connectivity index (χ1) is 10.8. The minimum Gasteiger partial charge on any atom is -0.868 e. The zero-order valence-electron chi connectivity index (χ0n) is 12.5. The summed E-state index contributed by atoms with van der Waals surface area (Å²) >= 11 is 0. The van der Waals surface area contributed by atoms with Gasteiger partial charge in [-0.25, -0.2) is 9.97 Å². The molecule has 0 aliphatic rings. The van der Waals surface area contributed by atoms with Gasteiger partial charge in [0.1, 0.15) is 0 Å². The van der Waals surface area contributed by atoms with Crippen LogP contribution in [-0.2, 0) is 0 Å². The minimum absolute atomic E-state index is 0. The molecule has 0 amide bonds. The smallest absolute Gasteiger partial charge is 0.868 e. The zero-order valence-corrected chi connectivity index (χ0v) is 13.9. The molecule has 23 heavy (non-hydrogen) atoms. The van der Waals surface area contributed by atoms with Gasteiger partial charge in [0.2, 0.25) is 11.0 Å². The molecule has 4 rings (SSSR count). The Morgan fingerprint density at radius 2 is 0.957 bits per heavy atom. The Balaban J connectivity index is 0.000000160. The van der Waals surface area contributed by atoms with E-state index in [-0.39, 0.29) is 34.6 Å². The average molecular weight is 315 g/mol. The van der Waals surface area contributed by atoms with Crippen molar-refractivity contribution in [2.45, 2.75) is 0 Å². The third-order valence-corrected chi connectivity index (χ3v) is 3.32. The largest absolute Gasteiger partial charge is 2.00 e. The molecule has 0 atom stereocenters. The van der Waals surface area contributed by atoms with Crippen molar-refractivity contribution in [2.75, 3.05) is 0 Å². The Kier molecular flexibility index (Phi) is 5.73. The predicted molar refractivity (Wildman–Crippen MR) is 85.7 cm³/mol. The summed E-state index contributed by atoms with van der Waals surface area (Å²) in [6, 6.07) is 18.0. The average Bonchev–Trinajstić information content (AvgIpc) is 2.57. The van der Waals surface area contributed by atoms with Gasteiger partial charge in [0.05, 0.1) is 0 Å². The maximum atomic E-state index is 11.1. The molecule has 0 bridgehead atoms. The Morgan fingerprint density at radius 1 is 0.565 bits per heavy atom. The molecule has 0 unspecified atom stereocenters. The van der Waals surface area contributed by atoms with Gasteiger partial charge in [0, 0.05) is 22.9 Å².